The Hall–Kier alpha value is -2.30. The largest absolute Gasteiger partial charge is 0.378 e. The van der Waals surface area contributed by atoms with Gasteiger partial charge in [0.15, 0.2) is 0 Å². The summed E-state index contributed by atoms with van der Waals surface area (Å²) in [6, 6.07) is 1.81. The first kappa shape index (κ1) is 16.6. The lowest BCUT2D eigenvalue weighted by Crippen LogP contribution is -2.51. The van der Waals surface area contributed by atoms with Gasteiger partial charge in [0.25, 0.3) is 5.56 Å². The summed E-state index contributed by atoms with van der Waals surface area (Å²) in [4.78, 5) is 17.1. The van der Waals surface area contributed by atoms with Crippen LogP contribution < -0.4 is 21.0 Å². The number of aromatic nitrogens is 1. The molecule has 1 saturated heterocycles. The second-order valence-electron chi connectivity index (χ2n) is 6.67. The van der Waals surface area contributed by atoms with Crippen molar-refractivity contribution in [3.8, 4) is 6.07 Å². The molecular formula is C17H22N4O3. The molecule has 7 heteroatoms. The minimum absolute atomic E-state index is 0.123. The highest BCUT2D eigenvalue weighted by molar-refractivity contribution is 5.63. The Morgan fingerprint density at radius 2 is 2.12 bits per heavy atom. The van der Waals surface area contributed by atoms with Crippen molar-refractivity contribution < 1.29 is 9.94 Å². The number of ether oxygens (including phenoxy) is 1. The van der Waals surface area contributed by atoms with Crippen LogP contribution in [-0.4, -0.2) is 47.1 Å². The molecule has 0 aliphatic carbocycles. The molecule has 7 nitrogen and oxygen atoms in total. The van der Waals surface area contributed by atoms with Crippen molar-refractivity contribution in [1.82, 2.24) is 10.0 Å². The quantitative estimate of drug-likeness (QED) is 0.784. The summed E-state index contributed by atoms with van der Waals surface area (Å²) in [5, 5.41) is 21.7. The van der Waals surface area contributed by atoms with Crippen LogP contribution in [0, 0.1) is 11.3 Å². The Bertz CT molecular complexity index is 860. The third-order valence-electron chi connectivity index (χ3n) is 5.09. The van der Waals surface area contributed by atoms with Crippen LogP contribution in [0.25, 0.3) is 12.3 Å². The molecule has 1 aromatic rings. The Morgan fingerprint density at radius 3 is 2.71 bits per heavy atom. The summed E-state index contributed by atoms with van der Waals surface area (Å²) in [6.07, 6.45) is 5.00. The molecule has 1 fully saturated rings. The number of methoxy groups -OCH3 is 1. The number of nitriles is 1. The van der Waals surface area contributed by atoms with E-state index in [0.717, 1.165) is 23.1 Å². The van der Waals surface area contributed by atoms with Gasteiger partial charge in [-0.1, -0.05) is 0 Å². The summed E-state index contributed by atoms with van der Waals surface area (Å²) in [5.74, 6) is 0. The van der Waals surface area contributed by atoms with Gasteiger partial charge in [0, 0.05) is 25.4 Å². The smallest absolute Gasteiger partial charge is 0.268 e. The number of rotatable bonds is 2. The fraction of sp³-hybridized carbons (Fsp3) is 0.529. The minimum atomic E-state index is -0.432. The SMILES string of the molecule is COC1(C)CCN(c2c(C#N)c(=O)[nH]c3c2=CC(C)N(O)C=3)CC1. The zero-order valence-electron chi connectivity index (χ0n) is 14.2. The topological polar surface area (TPSA) is 92.6 Å². The molecule has 2 N–H and O–H groups in total. The van der Waals surface area contributed by atoms with Crippen LogP contribution in [0.5, 0.6) is 0 Å². The van der Waals surface area contributed by atoms with Crippen LogP contribution in [-0.2, 0) is 4.74 Å². The van der Waals surface area contributed by atoms with Crippen molar-refractivity contribution in [2.75, 3.05) is 25.1 Å². The number of anilines is 1. The van der Waals surface area contributed by atoms with Crippen LogP contribution in [0.15, 0.2) is 4.79 Å². The lowest BCUT2D eigenvalue weighted by Gasteiger charge is -2.40. The molecule has 0 radical (unpaired) electrons. The third-order valence-corrected chi connectivity index (χ3v) is 5.09. The number of nitrogens with zero attached hydrogens (tertiary/aromatic N) is 3. The Balaban J connectivity index is 2.15. The molecule has 2 aliphatic rings. The van der Waals surface area contributed by atoms with Gasteiger partial charge in [-0.25, -0.2) is 0 Å². The van der Waals surface area contributed by atoms with E-state index in [2.05, 4.69) is 16.8 Å². The maximum absolute atomic E-state index is 12.3. The number of pyridine rings is 1. The lowest BCUT2D eigenvalue weighted by molar-refractivity contribution is -0.0357. The summed E-state index contributed by atoms with van der Waals surface area (Å²) in [5.41, 5.74) is 0.179. The van der Waals surface area contributed by atoms with Gasteiger partial charge in [-0.15, -0.1) is 0 Å². The third kappa shape index (κ3) is 2.68. The molecule has 3 rings (SSSR count). The molecule has 128 valence electrons. The number of fused-ring (bicyclic) bond motifs is 1. The lowest BCUT2D eigenvalue weighted by atomic mass is 9.92. The normalized spacial score (nSPS) is 22.2. The Kier molecular flexibility index (Phi) is 4.11. The van der Waals surface area contributed by atoms with E-state index in [4.69, 9.17) is 4.74 Å². The van der Waals surface area contributed by atoms with Gasteiger partial charge >= 0.3 is 0 Å². The molecule has 0 bridgehead atoms. The fourth-order valence-corrected chi connectivity index (χ4v) is 3.30. The highest BCUT2D eigenvalue weighted by Crippen LogP contribution is 2.27. The second kappa shape index (κ2) is 5.96. The zero-order valence-corrected chi connectivity index (χ0v) is 14.2. The molecule has 1 atom stereocenters. The number of hydrogen-bond donors (Lipinski definition) is 2. The van der Waals surface area contributed by atoms with E-state index in [1.54, 1.807) is 7.11 Å². The summed E-state index contributed by atoms with van der Waals surface area (Å²) in [6.45, 7) is 5.34. The number of piperidine rings is 1. The van der Waals surface area contributed by atoms with Crippen LogP contribution in [0.4, 0.5) is 5.69 Å². The first-order valence-corrected chi connectivity index (χ1v) is 8.06. The van der Waals surface area contributed by atoms with E-state index in [9.17, 15) is 15.3 Å². The first-order valence-electron chi connectivity index (χ1n) is 8.06. The maximum atomic E-state index is 12.3. The van der Waals surface area contributed by atoms with Crippen molar-refractivity contribution >= 4 is 18.0 Å². The molecule has 3 heterocycles. The van der Waals surface area contributed by atoms with Crippen LogP contribution >= 0.6 is 0 Å². The molecule has 1 aromatic heterocycles. The van der Waals surface area contributed by atoms with Crippen molar-refractivity contribution in [1.29, 1.82) is 5.26 Å². The first-order chi connectivity index (χ1) is 11.4. The number of hydroxylamine groups is 2. The van der Waals surface area contributed by atoms with E-state index >= 15 is 0 Å². The van der Waals surface area contributed by atoms with Gasteiger partial charge in [0.1, 0.15) is 11.6 Å². The highest BCUT2D eigenvalue weighted by atomic mass is 16.5. The van der Waals surface area contributed by atoms with Gasteiger partial charge < -0.3 is 14.6 Å². The highest BCUT2D eigenvalue weighted by Gasteiger charge is 2.32. The Labute approximate surface area is 140 Å². The van der Waals surface area contributed by atoms with E-state index in [-0.39, 0.29) is 17.2 Å². The van der Waals surface area contributed by atoms with Crippen molar-refractivity contribution in [2.24, 2.45) is 0 Å². The molecular weight excluding hydrogens is 308 g/mol. The predicted molar refractivity (Wildman–Crippen MR) is 89.9 cm³/mol. The number of H-pyrrole nitrogens is 1. The van der Waals surface area contributed by atoms with E-state index in [1.165, 1.54) is 6.20 Å². The number of aromatic amines is 1. The average molecular weight is 330 g/mol. The van der Waals surface area contributed by atoms with Crippen molar-refractivity contribution in [3.63, 3.8) is 0 Å². The van der Waals surface area contributed by atoms with Gasteiger partial charge in [0.05, 0.1) is 28.9 Å². The van der Waals surface area contributed by atoms with Gasteiger partial charge in [0.2, 0.25) is 0 Å². The monoisotopic (exact) mass is 330 g/mol. The predicted octanol–water partition coefficient (Wildman–Crippen LogP) is -0.136. The zero-order chi connectivity index (χ0) is 17.5. The molecule has 2 aliphatic heterocycles. The fourth-order valence-electron chi connectivity index (χ4n) is 3.30. The molecule has 0 aromatic carbocycles. The maximum Gasteiger partial charge on any atom is 0.268 e. The van der Waals surface area contributed by atoms with E-state index < -0.39 is 5.56 Å². The molecule has 1 unspecified atom stereocenters. The summed E-state index contributed by atoms with van der Waals surface area (Å²) < 4.78 is 5.57. The minimum Gasteiger partial charge on any atom is -0.378 e. The van der Waals surface area contributed by atoms with Gasteiger partial charge in [-0.05, 0) is 32.8 Å². The number of hydrogen-bond acceptors (Lipinski definition) is 6. The second-order valence-corrected chi connectivity index (χ2v) is 6.67. The summed E-state index contributed by atoms with van der Waals surface area (Å²) >= 11 is 0. The standard InChI is InChI=1S/C17H22N4O3/c1-11-8-12-14(10-21(11)23)19-16(22)13(9-18)15(12)20-6-4-17(2,24-3)5-7-20/h8,10-11,23H,4-7H2,1-3H3,(H,19,22). The summed E-state index contributed by atoms with van der Waals surface area (Å²) in [7, 11) is 1.71. The van der Waals surface area contributed by atoms with Crippen molar-refractivity contribution in [3.05, 3.63) is 26.5 Å². The van der Waals surface area contributed by atoms with Crippen molar-refractivity contribution in [2.45, 2.75) is 38.3 Å². The van der Waals surface area contributed by atoms with Crippen LogP contribution in [0.1, 0.15) is 32.3 Å². The van der Waals surface area contributed by atoms with Crippen LogP contribution in [0.2, 0.25) is 0 Å². The van der Waals surface area contributed by atoms with Crippen LogP contribution in [0.3, 0.4) is 0 Å². The molecule has 0 spiro atoms. The number of nitrogens with one attached hydrogen (secondary N) is 1. The van der Waals surface area contributed by atoms with E-state index in [0.29, 0.717) is 24.1 Å². The average Bonchev–Trinajstić information content (AvgIpc) is 2.56. The molecule has 0 amide bonds. The van der Waals surface area contributed by atoms with Gasteiger partial charge in [-0.2, -0.15) is 5.26 Å². The Morgan fingerprint density at radius 1 is 1.46 bits per heavy atom. The van der Waals surface area contributed by atoms with E-state index in [1.807, 2.05) is 19.1 Å². The molecule has 0 saturated carbocycles. The van der Waals surface area contributed by atoms with Gasteiger partial charge in [-0.3, -0.25) is 15.1 Å². The molecule has 24 heavy (non-hydrogen) atoms.